The van der Waals surface area contributed by atoms with Crippen molar-refractivity contribution in [2.45, 2.75) is 26.4 Å². The third-order valence-electron chi connectivity index (χ3n) is 4.23. The van der Waals surface area contributed by atoms with Gasteiger partial charge in [0.15, 0.2) is 6.10 Å². The van der Waals surface area contributed by atoms with Crippen LogP contribution in [0.5, 0.6) is 5.75 Å². The first-order valence-corrected chi connectivity index (χ1v) is 8.44. The van der Waals surface area contributed by atoms with E-state index in [1.807, 2.05) is 43.3 Å². The molecule has 0 amide bonds. The number of fused-ring (bicyclic) bond motifs is 1. The highest BCUT2D eigenvalue weighted by atomic mass is 16.6. The molecule has 0 saturated carbocycles. The number of carbonyl (C=O) groups is 1. The number of carbonyl (C=O) groups excluding carboxylic acids is 1. The second-order valence-electron chi connectivity index (χ2n) is 5.94. The Balaban J connectivity index is 2.17. The van der Waals surface area contributed by atoms with Crippen molar-refractivity contribution in [2.75, 3.05) is 7.11 Å². The van der Waals surface area contributed by atoms with Crippen molar-refractivity contribution in [1.29, 1.82) is 0 Å². The summed E-state index contributed by atoms with van der Waals surface area (Å²) in [6, 6.07) is 14.8. The summed E-state index contributed by atoms with van der Waals surface area (Å²) in [6.45, 7) is 3.62. The number of hydrogen-bond acceptors (Lipinski definition) is 5. The zero-order valence-electron chi connectivity index (χ0n) is 14.9. The molecule has 5 nitrogen and oxygen atoms in total. The first-order valence-electron chi connectivity index (χ1n) is 8.44. The van der Waals surface area contributed by atoms with E-state index in [4.69, 9.17) is 13.9 Å². The van der Waals surface area contributed by atoms with Crippen LogP contribution < -0.4 is 10.4 Å². The average Bonchev–Trinajstić information content (AvgIpc) is 2.66. The number of aryl methyl sites for hydroxylation is 1. The first kappa shape index (κ1) is 17.7. The Hall–Kier alpha value is -3.08. The largest absolute Gasteiger partial charge is 0.479 e. The van der Waals surface area contributed by atoms with Crippen molar-refractivity contribution >= 4 is 16.9 Å². The van der Waals surface area contributed by atoms with Gasteiger partial charge in [-0.3, -0.25) is 0 Å². The molecule has 0 saturated heterocycles. The highest BCUT2D eigenvalue weighted by Crippen LogP contribution is 2.33. The van der Waals surface area contributed by atoms with Crippen LogP contribution in [0.4, 0.5) is 0 Å². The smallest absolute Gasteiger partial charge is 0.346 e. The molecule has 0 bridgehead atoms. The second kappa shape index (κ2) is 7.44. The van der Waals surface area contributed by atoms with Crippen LogP contribution in [-0.2, 0) is 16.0 Å². The number of benzene rings is 2. The molecule has 1 atom stereocenters. The number of rotatable bonds is 5. The molecular weight excluding hydrogens is 332 g/mol. The van der Waals surface area contributed by atoms with E-state index >= 15 is 0 Å². The van der Waals surface area contributed by atoms with E-state index in [0.29, 0.717) is 17.8 Å². The molecule has 0 aliphatic rings. The molecule has 0 radical (unpaired) electrons. The van der Waals surface area contributed by atoms with Crippen molar-refractivity contribution in [2.24, 2.45) is 0 Å². The van der Waals surface area contributed by atoms with Gasteiger partial charge in [0.1, 0.15) is 11.3 Å². The van der Waals surface area contributed by atoms with E-state index in [9.17, 15) is 9.59 Å². The number of methoxy groups -OCH3 is 1. The summed E-state index contributed by atoms with van der Waals surface area (Å²) in [7, 11) is 1.31. The third-order valence-corrected chi connectivity index (χ3v) is 4.23. The Morgan fingerprint density at radius 1 is 1.15 bits per heavy atom. The zero-order chi connectivity index (χ0) is 18.7. The topological polar surface area (TPSA) is 65.7 Å². The number of ether oxygens (including phenoxy) is 2. The Bertz CT molecular complexity index is 988. The summed E-state index contributed by atoms with van der Waals surface area (Å²) in [5.74, 6) is 0.0397. The van der Waals surface area contributed by atoms with Gasteiger partial charge in [-0.1, -0.05) is 37.3 Å². The van der Waals surface area contributed by atoms with Gasteiger partial charge in [-0.05, 0) is 36.1 Å². The van der Waals surface area contributed by atoms with Crippen molar-refractivity contribution in [3.63, 3.8) is 0 Å². The van der Waals surface area contributed by atoms with Crippen LogP contribution in [0.15, 0.2) is 57.7 Å². The molecule has 1 unspecified atom stereocenters. The average molecular weight is 352 g/mol. The lowest BCUT2D eigenvalue weighted by molar-refractivity contribution is -0.147. The zero-order valence-corrected chi connectivity index (χ0v) is 14.9. The van der Waals surface area contributed by atoms with Gasteiger partial charge in [-0.15, -0.1) is 0 Å². The minimum absolute atomic E-state index is 0.417. The Kier molecular flexibility index (Phi) is 5.07. The molecule has 0 spiro atoms. The van der Waals surface area contributed by atoms with Crippen LogP contribution in [0.2, 0.25) is 0 Å². The maximum absolute atomic E-state index is 12.0. The quantitative estimate of drug-likeness (QED) is 0.514. The van der Waals surface area contributed by atoms with E-state index < -0.39 is 17.7 Å². The normalized spacial score (nSPS) is 12.0. The van der Waals surface area contributed by atoms with Gasteiger partial charge in [-0.25, -0.2) is 9.59 Å². The Morgan fingerprint density at radius 3 is 2.54 bits per heavy atom. The highest BCUT2D eigenvalue weighted by Gasteiger charge is 2.18. The van der Waals surface area contributed by atoms with Gasteiger partial charge in [0.25, 0.3) is 0 Å². The van der Waals surface area contributed by atoms with Crippen molar-refractivity contribution in [1.82, 2.24) is 0 Å². The summed E-state index contributed by atoms with van der Waals surface area (Å²) in [6.07, 6.45) is -0.0567. The minimum atomic E-state index is -0.758. The number of esters is 1. The van der Waals surface area contributed by atoms with E-state index in [0.717, 1.165) is 22.1 Å². The maximum atomic E-state index is 12.0. The van der Waals surface area contributed by atoms with E-state index in [1.165, 1.54) is 13.2 Å². The molecule has 2 aromatic carbocycles. The lowest BCUT2D eigenvalue weighted by Crippen LogP contribution is -2.25. The van der Waals surface area contributed by atoms with E-state index in [-0.39, 0.29) is 0 Å². The summed E-state index contributed by atoms with van der Waals surface area (Å²) in [4.78, 5) is 23.7. The predicted molar refractivity (Wildman–Crippen MR) is 99.4 cm³/mol. The molecule has 0 N–H and O–H groups in total. The molecule has 0 aliphatic carbocycles. The summed E-state index contributed by atoms with van der Waals surface area (Å²) < 4.78 is 15.8. The standard InChI is InChI=1S/C21H20O5/c1-4-14-10-17-16(15-8-6-5-7-9-15)11-20(22)26-19(17)12-18(14)25-13(2)21(23)24-3/h5-13H,4H2,1-3H3. The molecule has 134 valence electrons. The molecular formula is C21H20O5. The molecule has 5 heteroatoms. The van der Waals surface area contributed by atoms with Crippen LogP contribution in [0, 0.1) is 0 Å². The Morgan fingerprint density at radius 2 is 1.88 bits per heavy atom. The van der Waals surface area contributed by atoms with E-state index in [2.05, 4.69) is 0 Å². The van der Waals surface area contributed by atoms with Crippen LogP contribution >= 0.6 is 0 Å². The molecule has 1 aromatic heterocycles. The van der Waals surface area contributed by atoms with Gasteiger partial charge >= 0.3 is 11.6 Å². The minimum Gasteiger partial charge on any atom is -0.479 e. The lowest BCUT2D eigenvalue weighted by atomic mass is 9.99. The van der Waals surface area contributed by atoms with Crippen molar-refractivity contribution in [3.8, 4) is 16.9 Å². The monoisotopic (exact) mass is 352 g/mol. The van der Waals surface area contributed by atoms with Crippen LogP contribution in [0.25, 0.3) is 22.1 Å². The highest BCUT2D eigenvalue weighted by molar-refractivity contribution is 5.94. The van der Waals surface area contributed by atoms with Gasteiger partial charge < -0.3 is 13.9 Å². The van der Waals surface area contributed by atoms with Crippen molar-refractivity contribution < 1.29 is 18.7 Å². The number of hydrogen-bond donors (Lipinski definition) is 0. The SMILES string of the molecule is CCc1cc2c(-c3ccccc3)cc(=O)oc2cc1OC(C)C(=O)OC. The molecule has 1 heterocycles. The summed E-state index contributed by atoms with van der Waals surface area (Å²) >= 11 is 0. The predicted octanol–water partition coefficient (Wildman–Crippen LogP) is 3.96. The molecule has 0 aliphatic heterocycles. The Labute approximate surface area is 151 Å². The second-order valence-corrected chi connectivity index (χ2v) is 5.94. The summed E-state index contributed by atoms with van der Waals surface area (Å²) in [5.41, 5.74) is 2.63. The third kappa shape index (κ3) is 3.47. The van der Waals surface area contributed by atoms with Gasteiger partial charge in [0.2, 0.25) is 0 Å². The summed E-state index contributed by atoms with van der Waals surface area (Å²) in [5, 5.41) is 0.825. The van der Waals surface area contributed by atoms with Crippen LogP contribution in [0.1, 0.15) is 19.4 Å². The molecule has 26 heavy (non-hydrogen) atoms. The fraction of sp³-hybridized carbons (Fsp3) is 0.238. The van der Waals surface area contributed by atoms with Gasteiger partial charge in [0.05, 0.1) is 7.11 Å². The molecule has 3 rings (SSSR count). The van der Waals surface area contributed by atoms with Crippen LogP contribution in [0.3, 0.4) is 0 Å². The fourth-order valence-electron chi connectivity index (χ4n) is 2.88. The fourth-order valence-corrected chi connectivity index (χ4v) is 2.88. The molecule has 0 fully saturated rings. The first-order chi connectivity index (χ1) is 12.5. The maximum Gasteiger partial charge on any atom is 0.346 e. The van der Waals surface area contributed by atoms with E-state index in [1.54, 1.807) is 13.0 Å². The van der Waals surface area contributed by atoms with Crippen LogP contribution in [-0.4, -0.2) is 19.2 Å². The van der Waals surface area contributed by atoms with Crippen molar-refractivity contribution in [3.05, 3.63) is 64.5 Å². The van der Waals surface area contributed by atoms with Gasteiger partial charge in [-0.2, -0.15) is 0 Å². The lowest BCUT2D eigenvalue weighted by Gasteiger charge is -2.16. The van der Waals surface area contributed by atoms with Gasteiger partial charge in [0, 0.05) is 17.5 Å². The molecule has 3 aromatic rings.